The van der Waals surface area contributed by atoms with E-state index in [1.165, 1.54) is 9.31 Å². The van der Waals surface area contributed by atoms with Gasteiger partial charge in [0, 0.05) is 24.0 Å². The van der Waals surface area contributed by atoms with Gasteiger partial charge in [-0.3, -0.25) is 0 Å². The SMILES string of the molecule is CC.O=C(NS(=O)(=O)N1CCCCC1)N1CC(c2ccccc2)C(c2ccc(Cl)cc2)=N1. The summed E-state index contributed by atoms with van der Waals surface area (Å²) in [7, 11) is -3.88. The first-order valence-electron chi connectivity index (χ1n) is 10.9. The molecule has 9 heteroatoms. The van der Waals surface area contributed by atoms with Gasteiger partial charge in [-0.2, -0.15) is 17.8 Å². The Morgan fingerprint density at radius 2 is 1.62 bits per heavy atom. The number of benzene rings is 2. The Hall–Kier alpha value is -2.42. The molecule has 2 aromatic carbocycles. The second-order valence-electron chi connectivity index (χ2n) is 7.41. The van der Waals surface area contributed by atoms with Gasteiger partial charge in [0.25, 0.3) is 0 Å². The summed E-state index contributed by atoms with van der Waals surface area (Å²) in [4.78, 5) is 12.8. The number of piperidine rings is 1. The first kappa shape index (κ1) is 24.2. The fourth-order valence-corrected chi connectivity index (χ4v) is 5.11. The minimum Gasteiger partial charge on any atom is -0.245 e. The number of carbonyl (C=O) groups excluding carboxylic acids is 1. The van der Waals surface area contributed by atoms with E-state index < -0.39 is 16.2 Å². The number of carbonyl (C=O) groups is 1. The van der Waals surface area contributed by atoms with Gasteiger partial charge in [-0.15, -0.1) is 0 Å². The fourth-order valence-electron chi connectivity index (χ4n) is 3.79. The lowest BCUT2D eigenvalue weighted by atomic mass is 9.91. The van der Waals surface area contributed by atoms with E-state index in [2.05, 4.69) is 9.82 Å². The van der Waals surface area contributed by atoms with E-state index in [0.29, 0.717) is 23.8 Å². The standard InChI is InChI=1S/C21H23ClN4O3S.C2H6/c22-18-11-9-17(10-12-18)20-19(16-7-3-1-4-8-16)15-26(23-20)21(27)24-30(28,29)25-13-5-2-6-14-25;1-2/h1,3-4,7-12,19H,2,5-6,13-15H2,(H,24,27);1-2H3. The van der Waals surface area contributed by atoms with Crippen molar-refractivity contribution in [3.63, 3.8) is 0 Å². The first-order valence-corrected chi connectivity index (χ1v) is 12.7. The zero-order valence-electron chi connectivity index (χ0n) is 18.4. The van der Waals surface area contributed by atoms with E-state index in [0.717, 1.165) is 30.4 Å². The van der Waals surface area contributed by atoms with E-state index in [4.69, 9.17) is 11.6 Å². The third-order valence-corrected chi connectivity index (χ3v) is 7.09. The van der Waals surface area contributed by atoms with Crippen LogP contribution in [0.4, 0.5) is 4.79 Å². The number of hydrogen-bond donors (Lipinski definition) is 1. The molecule has 172 valence electrons. The van der Waals surface area contributed by atoms with Crippen LogP contribution >= 0.6 is 11.6 Å². The smallest absolute Gasteiger partial charge is 0.245 e. The summed E-state index contributed by atoms with van der Waals surface area (Å²) < 4.78 is 28.7. The maximum Gasteiger partial charge on any atom is 0.352 e. The van der Waals surface area contributed by atoms with Crippen molar-refractivity contribution in [1.82, 2.24) is 14.0 Å². The number of nitrogens with one attached hydrogen (secondary N) is 1. The number of hydrogen-bond acceptors (Lipinski definition) is 4. The normalized spacial score (nSPS) is 19.0. The van der Waals surface area contributed by atoms with Crippen LogP contribution in [-0.2, 0) is 10.2 Å². The van der Waals surface area contributed by atoms with Crippen molar-refractivity contribution in [2.45, 2.75) is 39.0 Å². The second kappa shape index (κ2) is 10.9. The predicted molar refractivity (Wildman–Crippen MR) is 128 cm³/mol. The largest absolute Gasteiger partial charge is 0.352 e. The lowest BCUT2D eigenvalue weighted by Crippen LogP contribution is -2.48. The molecule has 1 N–H and O–H groups in total. The van der Waals surface area contributed by atoms with Crippen LogP contribution in [0.1, 0.15) is 50.2 Å². The van der Waals surface area contributed by atoms with Crippen LogP contribution in [0.3, 0.4) is 0 Å². The second-order valence-corrected chi connectivity index (χ2v) is 9.52. The monoisotopic (exact) mass is 476 g/mol. The van der Waals surface area contributed by atoms with Crippen molar-refractivity contribution in [2.75, 3.05) is 19.6 Å². The van der Waals surface area contributed by atoms with Gasteiger partial charge in [0.15, 0.2) is 0 Å². The van der Waals surface area contributed by atoms with Gasteiger partial charge < -0.3 is 0 Å². The van der Waals surface area contributed by atoms with Crippen LogP contribution in [0.15, 0.2) is 59.7 Å². The van der Waals surface area contributed by atoms with Gasteiger partial charge in [-0.1, -0.05) is 74.3 Å². The summed E-state index contributed by atoms with van der Waals surface area (Å²) in [6, 6.07) is 16.2. The molecule has 1 atom stereocenters. The van der Waals surface area contributed by atoms with E-state index in [1.54, 1.807) is 12.1 Å². The highest BCUT2D eigenvalue weighted by molar-refractivity contribution is 7.87. The molecule has 1 saturated heterocycles. The molecule has 1 unspecified atom stereocenters. The number of halogens is 1. The third-order valence-electron chi connectivity index (χ3n) is 5.36. The Labute approximate surface area is 195 Å². The van der Waals surface area contributed by atoms with Crippen molar-refractivity contribution < 1.29 is 13.2 Å². The predicted octanol–water partition coefficient (Wildman–Crippen LogP) is 4.61. The molecule has 2 aliphatic heterocycles. The van der Waals surface area contributed by atoms with Crippen molar-refractivity contribution in [3.05, 3.63) is 70.7 Å². The molecule has 7 nitrogen and oxygen atoms in total. The number of nitrogens with zero attached hydrogens (tertiary/aromatic N) is 3. The summed E-state index contributed by atoms with van der Waals surface area (Å²) in [5.41, 5.74) is 2.53. The van der Waals surface area contributed by atoms with Crippen LogP contribution in [0.25, 0.3) is 0 Å². The van der Waals surface area contributed by atoms with Gasteiger partial charge >= 0.3 is 16.2 Å². The van der Waals surface area contributed by atoms with Gasteiger partial charge in [-0.05, 0) is 36.1 Å². The van der Waals surface area contributed by atoms with Crippen molar-refractivity contribution >= 4 is 33.6 Å². The average molecular weight is 477 g/mol. The summed E-state index contributed by atoms with van der Waals surface area (Å²) in [6.45, 7) is 5.10. The van der Waals surface area contributed by atoms with Crippen molar-refractivity contribution in [3.8, 4) is 0 Å². The Morgan fingerprint density at radius 1 is 1.00 bits per heavy atom. The quantitative estimate of drug-likeness (QED) is 0.699. The Bertz CT molecular complexity index is 1040. The molecule has 0 bridgehead atoms. The van der Waals surface area contributed by atoms with E-state index >= 15 is 0 Å². The molecule has 0 radical (unpaired) electrons. The zero-order valence-corrected chi connectivity index (χ0v) is 19.9. The Morgan fingerprint density at radius 3 is 2.25 bits per heavy atom. The van der Waals surface area contributed by atoms with Gasteiger partial charge in [0.05, 0.1) is 12.3 Å². The van der Waals surface area contributed by atoms with Crippen LogP contribution in [0.5, 0.6) is 0 Å². The lowest BCUT2D eigenvalue weighted by molar-refractivity contribution is 0.209. The summed E-state index contributed by atoms with van der Waals surface area (Å²) in [5.74, 6) is -0.171. The van der Waals surface area contributed by atoms with Crippen molar-refractivity contribution in [2.24, 2.45) is 5.10 Å². The molecule has 4 rings (SSSR count). The van der Waals surface area contributed by atoms with Crippen LogP contribution < -0.4 is 4.72 Å². The van der Waals surface area contributed by atoms with Crippen LogP contribution in [0.2, 0.25) is 5.02 Å². The summed E-state index contributed by atoms with van der Waals surface area (Å²) >= 11 is 6.01. The fraction of sp³-hybridized carbons (Fsp3) is 0.391. The van der Waals surface area contributed by atoms with Crippen LogP contribution in [-0.4, -0.2) is 49.1 Å². The molecule has 2 amide bonds. The molecule has 0 aliphatic carbocycles. The number of hydrazone groups is 1. The highest BCUT2D eigenvalue weighted by atomic mass is 35.5. The molecule has 1 fully saturated rings. The molecule has 2 aliphatic rings. The number of urea groups is 1. The molecule has 0 spiro atoms. The zero-order chi connectivity index (χ0) is 23.1. The molecule has 2 heterocycles. The first-order chi connectivity index (χ1) is 15.4. The molecular weight excluding hydrogens is 448 g/mol. The summed E-state index contributed by atoms with van der Waals surface area (Å²) in [5, 5.41) is 6.29. The van der Waals surface area contributed by atoms with Crippen LogP contribution in [0, 0.1) is 0 Å². The molecule has 0 saturated carbocycles. The summed E-state index contributed by atoms with van der Waals surface area (Å²) in [6.07, 6.45) is 2.60. The molecule has 0 aromatic heterocycles. The van der Waals surface area contributed by atoms with Gasteiger partial charge in [-0.25, -0.2) is 14.5 Å². The van der Waals surface area contributed by atoms with Gasteiger partial charge in [0.1, 0.15) is 0 Å². The maximum atomic E-state index is 12.8. The maximum absolute atomic E-state index is 12.8. The minimum absolute atomic E-state index is 0.171. The Kier molecular flexibility index (Phi) is 8.28. The van der Waals surface area contributed by atoms with E-state index in [9.17, 15) is 13.2 Å². The molecular formula is C23H29ClN4O3S. The molecule has 2 aromatic rings. The van der Waals surface area contributed by atoms with E-state index in [-0.39, 0.29) is 12.5 Å². The number of rotatable bonds is 4. The average Bonchev–Trinajstić information content (AvgIpc) is 3.28. The van der Waals surface area contributed by atoms with Gasteiger partial charge in [0.2, 0.25) is 0 Å². The lowest BCUT2D eigenvalue weighted by Gasteiger charge is -2.26. The number of amides is 2. The molecule has 32 heavy (non-hydrogen) atoms. The topological polar surface area (TPSA) is 82.1 Å². The van der Waals surface area contributed by atoms with E-state index in [1.807, 2.05) is 56.3 Å². The highest BCUT2D eigenvalue weighted by Gasteiger charge is 2.35. The minimum atomic E-state index is -3.88. The van der Waals surface area contributed by atoms with Crippen molar-refractivity contribution in [1.29, 1.82) is 0 Å². The third kappa shape index (κ3) is 5.68. The Balaban J connectivity index is 0.00000141. The highest BCUT2D eigenvalue weighted by Crippen LogP contribution is 2.29.